The molecule has 1 saturated heterocycles. The summed E-state index contributed by atoms with van der Waals surface area (Å²) in [6.07, 6.45) is 0.0241. The van der Waals surface area contributed by atoms with Crippen molar-refractivity contribution >= 4 is 21.9 Å². The number of nitrogens with zero attached hydrogens (tertiary/aromatic N) is 1. The van der Waals surface area contributed by atoms with Gasteiger partial charge in [0.15, 0.2) is 0 Å². The monoisotopic (exact) mass is 292 g/mol. The lowest BCUT2D eigenvalue weighted by Crippen LogP contribution is -2.50. The van der Waals surface area contributed by atoms with Crippen molar-refractivity contribution in [3.05, 3.63) is 0 Å². The molecule has 1 heterocycles. The Bertz CT molecular complexity index is 480. The van der Waals surface area contributed by atoms with Gasteiger partial charge in [0.1, 0.15) is 6.04 Å². The van der Waals surface area contributed by atoms with Crippen molar-refractivity contribution in [1.29, 1.82) is 0 Å². The number of aliphatic carboxylic acids is 1. The Kier molecular flexibility index (Phi) is 4.26. The topological polar surface area (TPSA) is 118 Å². The summed E-state index contributed by atoms with van der Waals surface area (Å²) in [5.74, 6) is -2.16. The molecule has 1 aliphatic heterocycles. The van der Waals surface area contributed by atoms with E-state index in [1.54, 1.807) is 20.8 Å². The molecular formula is C11H20N2O5S. The molecule has 0 aromatic heterocycles. The van der Waals surface area contributed by atoms with Crippen molar-refractivity contribution in [2.45, 2.75) is 33.2 Å². The fourth-order valence-electron chi connectivity index (χ4n) is 2.47. The Labute approximate surface area is 112 Å². The number of hydrogen-bond acceptors (Lipinski definition) is 4. The summed E-state index contributed by atoms with van der Waals surface area (Å²) >= 11 is 0. The lowest BCUT2D eigenvalue weighted by molar-refractivity contribution is -0.153. The number of rotatable bonds is 4. The van der Waals surface area contributed by atoms with Gasteiger partial charge in [0.2, 0.25) is 15.9 Å². The molecule has 0 aromatic carbocycles. The molecule has 19 heavy (non-hydrogen) atoms. The summed E-state index contributed by atoms with van der Waals surface area (Å²) in [4.78, 5) is 24.5. The van der Waals surface area contributed by atoms with Crippen LogP contribution in [0.2, 0.25) is 0 Å². The molecule has 1 amide bonds. The van der Waals surface area contributed by atoms with Crippen LogP contribution in [0.1, 0.15) is 27.2 Å². The number of sulfonamides is 1. The van der Waals surface area contributed by atoms with Gasteiger partial charge in [-0.05, 0) is 5.41 Å². The van der Waals surface area contributed by atoms with Crippen LogP contribution in [0, 0.1) is 11.3 Å². The molecule has 0 spiro atoms. The highest BCUT2D eigenvalue weighted by Crippen LogP contribution is 2.30. The lowest BCUT2D eigenvalue weighted by Gasteiger charge is -2.34. The van der Waals surface area contributed by atoms with Crippen LogP contribution in [0.4, 0.5) is 0 Å². The van der Waals surface area contributed by atoms with Crippen molar-refractivity contribution in [2.24, 2.45) is 16.5 Å². The summed E-state index contributed by atoms with van der Waals surface area (Å²) in [5, 5.41) is 14.2. The highest BCUT2D eigenvalue weighted by Gasteiger charge is 2.44. The van der Waals surface area contributed by atoms with Gasteiger partial charge in [0, 0.05) is 18.9 Å². The second kappa shape index (κ2) is 5.09. The maximum atomic E-state index is 11.9. The summed E-state index contributed by atoms with van der Waals surface area (Å²) in [6.45, 7) is 5.30. The summed E-state index contributed by atoms with van der Waals surface area (Å²) in [6, 6.07) is -0.967. The average molecular weight is 292 g/mol. The van der Waals surface area contributed by atoms with Gasteiger partial charge in [0.25, 0.3) is 0 Å². The third-order valence-electron chi connectivity index (χ3n) is 3.07. The number of likely N-dealkylation sites (tertiary alicyclic amines) is 1. The number of carbonyl (C=O) groups is 2. The quantitative estimate of drug-likeness (QED) is 0.732. The fourth-order valence-corrected chi connectivity index (χ4v) is 3.35. The van der Waals surface area contributed by atoms with Crippen molar-refractivity contribution in [1.82, 2.24) is 4.90 Å². The van der Waals surface area contributed by atoms with Gasteiger partial charge in [-0.2, -0.15) is 0 Å². The molecule has 0 saturated carbocycles. The Morgan fingerprint density at radius 2 is 2.05 bits per heavy atom. The number of carboxylic acids is 1. The maximum Gasteiger partial charge on any atom is 0.326 e. The van der Waals surface area contributed by atoms with E-state index < -0.39 is 33.4 Å². The smallest absolute Gasteiger partial charge is 0.326 e. The van der Waals surface area contributed by atoms with Gasteiger partial charge in [-0.15, -0.1) is 0 Å². The van der Waals surface area contributed by atoms with Crippen molar-refractivity contribution in [2.75, 3.05) is 12.3 Å². The molecule has 1 unspecified atom stereocenters. The number of primary sulfonamides is 1. The largest absolute Gasteiger partial charge is 0.480 e. The number of amides is 1. The molecule has 1 aliphatic rings. The first-order chi connectivity index (χ1) is 8.42. The van der Waals surface area contributed by atoms with Crippen LogP contribution in [-0.4, -0.2) is 48.6 Å². The van der Waals surface area contributed by atoms with E-state index in [9.17, 15) is 23.1 Å². The summed E-state index contributed by atoms with van der Waals surface area (Å²) in [7, 11) is -3.66. The van der Waals surface area contributed by atoms with E-state index in [-0.39, 0.29) is 24.6 Å². The van der Waals surface area contributed by atoms with E-state index in [0.29, 0.717) is 0 Å². The van der Waals surface area contributed by atoms with Crippen LogP contribution in [0.5, 0.6) is 0 Å². The van der Waals surface area contributed by atoms with E-state index in [0.717, 1.165) is 0 Å². The predicted molar refractivity (Wildman–Crippen MR) is 68.7 cm³/mol. The van der Waals surface area contributed by atoms with Crippen LogP contribution in [0.3, 0.4) is 0 Å². The zero-order valence-electron chi connectivity index (χ0n) is 11.3. The molecule has 2 atom stereocenters. The van der Waals surface area contributed by atoms with Gasteiger partial charge >= 0.3 is 5.97 Å². The summed E-state index contributed by atoms with van der Waals surface area (Å²) in [5.41, 5.74) is -0.627. The van der Waals surface area contributed by atoms with Crippen LogP contribution in [-0.2, 0) is 19.6 Å². The minimum Gasteiger partial charge on any atom is -0.480 e. The Hall–Kier alpha value is -1.15. The third kappa shape index (κ3) is 4.17. The van der Waals surface area contributed by atoms with Crippen molar-refractivity contribution in [3.63, 3.8) is 0 Å². The zero-order chi connectivity index (χ0) is 15.0. The van der Waals surface area contributed by atoms with Gasteiger partial charge < -0.3 is 10.0 Å². The van der Waals surface area contributed by atoms with Crippen molar-refractivity contribution in [3.8, 4) is 0 Å². The van der Waals surface area contributed by atoms with Gasteiger partial charge in [0.05, 0.1) is 5.75 Å². The van der Waals surface area contributed by atoms with Gasteiger partial charge in [-0.1, -0.05) is 20.8 Å². The van der Waals surface area contributed by atoms with Crippen LogP contribution in [0.25, 0.3) is 0 Å². The first-order valence-electron chi connectivity index (χ1n) is 5.94. The highest BCUT2D eigenvalue weighted by atomic mass is 32.2. The molecule has 0 aliphatic carbocycles. The fraction of sp³-hybridized carbons (Fsp3) is 0.818. The summed E-state index contributed by atoms with van der Waals surface area (Å²) < 4.78 is 22.1. The number of carboxylic acid groups (broad SMARTS) is 1. The van der Waals surface area contributed by atoms with Crippen LogP contribution < -0.4 is 5.14 Å². The minimum atomic E-state index is -3.66. The molecule has 1 fully saturated rings. The van der Waals surface area contributed by atoms with E-state index in [1.807, 2.05) is 0 Å². The number of hydrogen-bond donors (Lipinski definition) is 2. The lowest BCUT2D eigenvalue weighted by atomic mass is 9.85. The molecule has 7 nitrogen and oxygen atoms in total. The SMILES string of the molecule is CC(C)(C)[C@@H](C(=O)O)N1CC(CS(N)(=O)=O)CC1=O. The Morgan fingerprint density at radius 1 is 1.53 bits per heavy atom. The second-order valence-electron chi connectivity index (χ2n) is 6.05. The van der Waals surface area contributed by atoms with E-state index in [4.69, 9.17) is 5.14 Å². The van der Waals surface area contributed by atoms with Gasteiger partial charge in [-0.3, -0.25) is 4.79 Å². The minimum absolute atomic E-state index is 0.0241. The average Bonchev–Trinajstić information content (AvgIpc) is 2.40. The molecule has 0 radical (unpaired) electrons. The Morgan fingerprint density at radius 3 is 2.42 bits per heavy atom. The molecule has 0 bridgehead atoms. The van der Waals surface area contributed by atoms with E-state index in [1.165, 1.54) is 4.90 Å². The normalized spacial score (nSPS) is 22.6. The maximum absolute atomic E-state index is 11.9. The van der Waals surface area contributed by atoms with Gasteiger partial charge in [-0.25, -0.2) is 18.4 Å². The second-order valence-corrected chi connectivity index (χ2v) is 7.71. The van der Waals surface area contributed by atoms with E-state index >= 15 is 0 Å². The number of carbonyl (C=O) groups excluding carboxylic acids is 1. The van der Waals surface area contributed by atoms with Crippen molar-refractivity contribution < 1.29 is 23.1 Å². The predicted octanol–water partition coefficient (Wildman–Crippen LogP) is -0.377. The first kappa shape index (κ1) is 15.9. The molecular weight excluding hydrogens is 272 g/mol. The number of nitrogens with two attached hydrogens (primary N) is 1. The molecule has 8 heteroatoms. The van der Waals surface area contributed by atoms with Crippen LogP contribution in [0.15, 0.2) is 0 Å². The zero-order valence-corrected chi connectivity index (χ0v) is 12.1. The standard InChI is InChI=1S/C11H20N2O5S/c1-11(2,3)9(10(15)16)13-5-7(4-8(13)14)6-19(12,17)18/h7,9H,4-6H2,1-3H3,(H,15,16)(H2,12,17,18)/t7?,9-/m1/s1. The van der Waals surface area contributed by atoms with Crippen LogP contribution >= 0.6 is 0 Å². The van der Waals surface area contributed by atoms with E-state index in [2.05, 4.69) is 0 Å². The molecule has 1 rings (SSSR count). The molecule has 110 valence electrons. The Balaban J connectivity index is 2.90. The first-order valence-corrected chi connectivity index (χ1v) is 7.66. The highest BCUT2D eigenvalue weighted by molar-refractivity contribution is 7.89. The molecule has 0 aromatic rings. The molecule has 3 N–H and O–H groups in total. The third-order valence-corrected chi connectivity index (χ3v) is 4.01.